The molecule has 1 atom stereocenters. The molecule has 0 N–H and O–H groups in total. The van der Waals surface area contributed by atoms with Crippen LogP contribution in [-0.4, -0.2) is 11.9 Å². The SMILES string of the molecule is CC1Cc2cc(C(=O)c3ccc(Cl)c(Br)c3)ccc2O1. The van der Waals surface area contributed by atoms with Crippen molar-refractivity contribution in [3.8, 4) is 5.75 Å². The van der Waals surface area contributed by atoms with Crippen LogP contribution >= 0.6 is 27.5 Å². The van der Waals surface area contributed by atoms with Crippen LogP contribution in [0, 0.1) is 0 Å². The smallest absolute Gasteiger partial charge is 0.193 e. The number of carbonyl (C=O) groups excluding carboxylic acids is 1. The van der Waals surface area contributed by atoms with Gasteiger partial charge in [0.05, 0.1) is 5.02 Å². The fourth-order valence-electron chi connectivity index (χ4n) is 2.37. The summed E-state index contributed by atoms with van der Waals surface area (Å²) in [5, 5.41) is 0.595. The average molecular weight is 352 g/mol. The first-order valence-corrected chi connectivity index (χ1v) is 7.51. The molecular weight excluding hydrogens is 340 g/mol. The summed E-state index contributed by atoms with van der Waals surface area (Å²) in [5.74, 6) is 0.871. The second-order valence-corrected chi connectivity index (χ2v) is 6.17. The van der Waals surface area contributed by atoms with Crippen LogP contribution in [0.4, 0.5) is 0 Å². The minimum absolute atomic E-state index is 0.00952. The monoisotopic (exact) mass is 350 g/mol. The summed E-state index contributed by atoms with van der Waals surface area (Å²) in [6.45, 7) is 2.03. The molecule has 1 aliphatic heterocycles. The van der Waals surface area contributed by atoms with E-state index >= 15 is 0 Å². The number of hydrogen-bond acceptors (Lipinski definition) is 2. The quantitative estimate of drug-likeness (QED) is 0.736. The summed E-state index contributed by atoms with van der Waals surface area (Å²) in [5.41, 5.74) is 2.39. The van der Waals surface area contributed by atoms with Crippen molar-refractivity contribution in [1.29, 1.82) is 0 Å². The van der Waals surface area contributed by atoms with Crippen LogP contribution in [0.5, 0.6) is 5.75 Å². The molecule has 0 amide bonds. The Bertz CT molecular complexity index is 697. The van der Waals surface area contributed by atoms with Gasteiger partial charge < -0.3 is 4.74 Å². The molecule has 0 fully saturated rings. The molecule has 1 unspecified atom stereocenters. The predicted octanol–water partition coefficient (Wildman–Crippen LogP) is 4.66. The summed E-state index contributed by atoms with van der Waals surface area (Å²) in [4.78, 5) is 12.5. The molecule has 2 aromatic rings. The highest BCUT2D eigenvalue weighted by atomic mass is 79.9. The van der Waals surface area contributed by atoms with Gasteiger partial charge >= 0.3 is 0 Å². The van der Waals surface area contributed by atoms with Gasteiger partial charge in [-0.3, -0.25) is 4.79 Å². The third kappa shape index (κ3) is 2.48. The summed E-state index contributed by atoms with van der Waals surface area (Å²) in [7, 11) is 0. The molecule has 0 saturated carbocycles. The Morgan fingerprint density at radius 1 is 1.25 bits per heavy atom. The zero-order valence-corrected chi connectivity index (χ0v) is 13.2. The van der Waals surface area contributed by atoms with Gasteiger partial charge in [0.2, 0.25) is 0 Å². The van der Waals surface area contributed by atoms with Crippen molar-refractivity contribution in [3.63, 3.8) is 0 Å². The lowest BCUT2D eigenvalue weighted by Gasteiger charge is -2.05. The van der Waals surface area contributed by atoms with Crippen LogP contribution in [-0.2, 0) is 6.42 Å². The average Bonchev–Trinajstić information content (AvgIpc) is 2.80. The van der Waals surface area contributed by atoms with E-state index in [1.165, 1.54) is 0 Å². The van der Waals surface area contributed by atoms with E-state index in [-0.39, 0.29) is 11.9 Å². The van der Waals surface area contributed by atoms with Crippen LogP contribution in [0.25, 0.3) is 0 Å². The van der Waals surface area contributed by atoms with E-state index in [2.05, 4.69) is 15.9 Å². The van der Waals surface area contributed by atoms with Gasteiger partial charge in [-0.1, -0.05) is 11.6 Å². The predicted molar refractivity (Wildman–Crippen MR) is 82.8 cm³/mol. The molecule has 4 heteroatoms. The zero-order chi connectivity index (χ0) is 14.3. The Balaban J connectivity index is 1.95. The third-order valence-corrected chi connectivity index (χ3v) is 4.55. The molecular formula is C16H12BrClO2. The number of hydrogen-bond donors (Lipinski definition) is 0. The molecule has 0 aliphatic carbocycles. The molecule has 0 aromatic heterocycles. The van der Waals surface area contributed by atoms with E-state index in [1.807, 2.05) is 25.1 Å². The zero-order valence-electron chi connectivity index (χ0n) is 10.8. The third-order valence-electron chi connectivity index (χ3n) is 3.34. The van der Waals surface area contributed by atoms with Crippen LogP contribution in [0.3, 0.4) is 0 Å². The van der Waals surface area contributed by atoms with E-state index in [9.17, 15) is 4.79 Å². The number of benzene rings is 2. The second kappa shape index (κ2) is 5.23. The van der Waals surface area contributed by atoms with Crippen LogP contribution in [0.15, 0.2) is 40.9 Å². The molecule has 0 spiro atoms. The van der Waals surface area contributed by atoms with Crippen molar-refractivity contribution >= 4 is 33.3 Å². The maximum Gasteiger partial charge on any atom is 0.193 e. The fourth-order valence-corrected chi connectivity index (χ4v) is 2.86. The van der Waals surface area contributed by atoms with Gasteiger partial charge in [0, 0.05) is 22.0 Å². The molecule has 0 radical (unpaired) electrons. The highest BCUT2D eigenvalue weighted by Crippen LogP contribution is 2.30. The van der Waals surface area contributed by atoms with Crippen LogP contribution in [0.1, 0.15) is 28.4 Å². The Labute approximate surface area is 130 Å². The minimum atomic E-state index is -0.00952. The highest BCUT2D eigenvalue weighted by Gasteiger charge is 2.21. The summed E-state index contributed by atoms with van der Waals surface area (Å²) >= 11 is 9.29. The number of rotatable bonds is 2. The van der Waals surface area contributed by atoms with E-state index in [0.717, 1.165) is 22.2 Å². The number of ether oxygens (including phenoxy) is 1. The Morgan fingerprint density at radius 3 is 2.70 bits per heavy atom. The Morgan fingerprint density at radius 2 is 1.95 bits per heavy atom. The molecule has 20 heavy (non-hydrogen) atoms. The minimum Gasteiger partial charge on any atom is -0.490 e. The molecule has 3 rings (SSSR count). The van der Waals surface area contributed by atoms with Crippen molar-refractivity contribution in [2.24, 2.45) is 0 Å². The topological polar surface area (TPSA) is 26.3 Å². The first kappa shape index (κ1) is 13.7. The van der Waals surface area contributed by atoms with Crippen molar-refractivity contribution in [1.82, 2.24) is 0 Å². The molecule has 2 nitrogen and oxygen atoms in total. The summed E-state index contributed by atoms with van der Waals surface area (Å²) in [6.07, 6.45) is 1.03. The number of fused-ring (bicyclic) bond motifs is 1. The molecule has 1 aliphatic rings. The van der Waals surface area contributed by atoms with Gasteiger partial charge in [-0.2, -0.15) is 0 Å². The lowest BCUT2D eigenvalue weighted by molar-refractivity contribution is 0.103. The number of carbonyl (C=O) groups is 1. The van der Waals surface area contributed by atoms with Gasteiger partial charge in [-0.05, 0) is 64.8 Å². The van der Waals surface area contributed by atoms with Gasteiger partial charge in [0.15, 0.2) is 5.78 Å². The van der Waals surface area contributed by atoms with Gasteiger partial charge in [0.25, 0.3) is 0 Å². The number of halogens is 2. The normalized spacial score (nSPS) is 16.6. The highest BCUT2D eigenvalue weighted by molar-refractivity contribution is 9.10. The van der Waals surface area contributed by atoms with Crippen molar-refractivity contribution in [2.45, 2.75) is 19.4 Å². The first-order chi connectivity index (χ1) is 9.54. The maximum absolute atomic E-state index is 12.5. The van der Waals surface area contributed by atoms with Gasteiger partial charge in [0.1, 0.15) is 11.9 Å². The van der Waals surface area contributed by atoms with E-state index in [0.29, 0.717) is 16.1 Å². The molecule has 1 heterocycles. The number of ketones is 1. The lowest BCUT2D eigenvalue weighted by atomic mass is 10.00. The molecule has 102 valence electrons. The van der Waals surface area contributed by atoms with Crippen LogP contribution in [0.2, 0.25) is 5.02 Å². The molecule has 0 bridgehead atoms. The maximum atomic E-state index is 12.5. The largest absolute Gasteiger partial charge is 0.490 e. The van der Waals surface area contributed by atoms with E-state index in [4.69, 9.17) is 16.3 Å². The second-order valence-electron chi connectivity index (χ2n) is 4.91. The Kier molecular flexibility index (Phi) is 3.57. The Hall–Kier alpha value is -1.32. The van der Waals surface area contributed by atoms with E-state index < -0.39 is 0 Å². The van der Waals surface area contributed by atoms with E-state index in [1.54, 1.807) is 18.2 Å². The lowest BCUT2D eigenvalue weighted by Crippen LogP contribution is -2.05. The molecule has 2 aromatic carbocycles. The van der Waals surface area contributed by atoms with Crippen molar-refractivity contribution < 1.29 is 9.53 Å². The summed E-state index contributed by atoms with van der Waals surface area (Å²) < 4.78 is 6.37. The standard InChI is InChI=1S/C16H12BrClO2/c1-9-6-12-7-10(3-5-15(12)20-9)16(19)11-2-4-14(18)13(17)8-11/h2-5,7-9H,6H2,1H3. The summed E-state index contributed by atoms with van der Waals surface area (Å²) in [6, 6.07) is 10.8. The van der Waals surface area contributed by atoms with Crippen LogP contribution < -0.4 is 4.74 Å². The fraction of sp³-hybridized carbons (Fsp3) is 0.188. The van der Waals surface area contributed by atoms with Crippen molar-refractivity contribution in [3.05, 3.63) is 62.6 Å². The first-order valence-electron chi connectivity index (χ1n) is 6.34. The van der Waals surface area contributed by atoms with Gasteiger partial charge in [-0.25, -0.2) is 0 Å². The van der Waals surface area contributed by atoms with Gasteiger partial charge in [-0.15, -0.1) is 0 Å². The van der Waals surface area contributed by atoms with Crippen molar-refractivity contribution in [2.75, 3.05) is 0 Å². The molecule has 0 saturated heterocycles.